The molecule has 0 spiro atoms. The third-order valence-electron chi connectivity index (χ3n) is 8.14. The molecule has 15 heteroatoms. The van der Waals surface area contributed by atoms with Crippen molar-refractivity contribution in [3.63, 3.8) is 0 Å². The van der Waals surface area contributed by atoms with E-state index in [4.69, 9.17) is 25.0 Å². The lowest BCUT2D eigenvalue weighted by atomic mass is 9.90. The van der Waals surface area contributed by atoms with Gasteiger partial charge in [-0.2, -0.15) is 15.9 Å². The second-order valence-corrected chi connectivity index (χ2v) is 14.1. The molecule has 1 saturated heterocycles. The Hall–Kier alpha value is -3.94. The number of rotatable bonds is 13. The van der Waals surface area contributed by atoms with Crippen LogP contribution in [0, 0.1) is 11.3 Å². The Labute approximate surface area is 270 Å². The average molecular weight is 654 g/mol. The van der Waals surface area contributed by atoms with Gasteiger partial charge >= 0.3 is 0 Å². The van der Waals surface area contributed by atoms with Crippen LogP contribution < -0.4 is 20.5 Å². The third-order valence-corrected chi connectivity index (χ3v) is 9.08. The average Bonchev–Trinajstić information content (AvgIpc) is 3.46. The zero-order valence-corrected chi connectivity index (χ0v) is 27.1. The van der Waals surface area contributed by atoms with E-state index in [1.54, 1.807) is 24.5 Å². The topological polar surface area (TPSA) is 189 Å². The van der Waals surface area contributed by atoms with Crippen LogP contribution in [0.5, 0.6) is 11.6 Å². The van der Waals surface area contributed by atoms with E-state index in [1.165, 1.54) is 12.6 Å². The first-order valence-corrected chi connectivity index (χ1v) is 17.6. The highest BCUT2D eigenvalue weighted by Crippen LogP contribution is 2.36. The van der Waals surface area contributed by atoms with Crippen LogP contribution in [0.15, 0.2) is 41.8 Å². The standard InChI is InChI=1S/C31H43N9O5S/c1-22(17-34-21-33)45-29-15-23(3-4-24(29)16-32)25-18-35-31(36-19-25)37-28-20-40(38-30(28)44-13-14-46(2,41)42)27-7-5-26(6-8-27)39-9-11-43-12-10-39/h3-4,15,18-22,26-27,41-42H,5-14,17H2,1-2H3,(H2,33,34)(H,35,36,37)/t22-,26?,27?/m0/s1. The summed E-state index contributed by atoms with van der Waals surface area (Å²) in [5.41, 5.74) is 7.88. The SMILES string of the molecule is C[C@@H](CN=CN)Oc1cc(-c2cnc(Nc3cn(C4CCC(N5CCOCC5)CC4)nc3OCCS(C)(O)O)nc2)ccc1C#N. The van der Waals surface area contributed by atoms with Crippen LogP contribution >= 0.6 is 10.6 Å². The molecule has 5 N–H and O–H groups in total. The number of nitriles is 1. The predicted molar refractivity (Wildman–Crippen MR) is 178 cm³/mol. The van der Waals surface area contributed by atoms with Gasteiger partial charge in [-0.05, 0) is 50.3 Å². The Balaban J connectivity index is 1.29. The highest BCUT2D eigenvalue weighted by atomic mass is 32.3. The van der Waals surface area contributed by atoms with Crippen molar-refractivity contribution in [3.8, 4) is 28.8 Å². The second kappa shape index (κ2) is 15.6. The fourth-order valence-corrected chi connectivity index (χ4v) is 6.10. The van der Waals surface area contributed by atoms with Gasteiger partial charge in [0.15, 0.2) is 0 Å². The van der Waals surface area contributed by atoms with E-state index >= 15 is 0 Å². The number of hydrogen-bond donors (Lipinski definition) is 4. The van der Waals surface area contributed by atoms with Gasteiger partial charge in [-0.25, -0.2) is 9.97 Å². The van der Waals surface area contributed by atoms with Crippen LogP contribution in [-0.2, 0) is 4.74 Å². The third kappa shape index (κ3) is 9.08. The molecule has 3 heterocycles. The lowest BCUT2D eigenvalue weighted by Crippen LogP contribution is -2.45. The first-order valence-electron chi connectivity index (χ1n) is 15.5. The van der Waals surface area contributed by atoms with E-state index in [9.17, 15) is 14.4 Å². The number of hydrogen-bond acceptors (Lipinski definition) is 12. The van der Waals surface area contributed by atoms with Gasteiger partial charge in [-0.1, -0.05) is 6.07 Å². The smallest absolute Gasteiger partial charge is 0.257 e. The van der Waals surface area contributed by atoms with E-state index in [-0.39, 0.29) is 24.5 Å². The van der Waals surface area contributed by atoms with Gasteiger partial charge in [0.1, 0.15) is 30.2 Å². The Morgan fingerprint density at radius 1 is 1.17 bits per heavy atom. The highest BCUT2D eigenvalue weighted by Gasteiger charge is 2.29. The maximum atomic E-state index is 9.84. The van der Waals surface area contributed by atoms with Crippen LogP contribution in [0.1, 0.15) is 44.2 Å². The summed E-state index contributed by atoms with van der Waals surface area (Å²) in [5, 5.41) is 17.5. The molecular weight excluding hydrogens is 610 g/mol. The summed E-state index contributed by atoms with van der Waals surface area (Å²) in [7, 11) is -2.70. The molecule has 46 heavy (non-hydrogen) atoms. The quantitative estimate of drug-likeness (QED) is 0.152. The molecule has 14 nitrogen and oxygen atoms in total. The van der Waals surface area contributed by atoms with Gasteiger partial charge in [-0.15, -0.1) is 5.10 Å². The molecular formula is C31H43N9O5S. The van der Waals surface area contributed by atoms with E-state index in [0.717, 1.165) is 63.1 Å². The maximum Gasteiger partial charge on any atom is 0.257 e. The molecule has 1 aromatic carbocycles. The largest absolute Gasteiger partial charge is 0.487 e. The molecule has 2 aliphatic rings. The lowest BCUT2D eigenvalue weighted by Gasteiger charge is -2.38. The van der Waals surface area contributed by atoms with Crippen molar-refractivity contribution >= 4 is 28.6 Å². The Kier molecular flexibility index (Phi) is 11.3. The first-order chi connectivity index (χ1) is 22.2. The summed E-state index contributed by atoms with van der Waals surface area (Å²) >= 11 is 0. The molecule has 0 amide bonds. The Bertz CT molecular complexity index is 1490. The maximum absolute atomic E-state index is 9.84. The van der Waals surface area contributed by atoms with Crippen molar-refractivity contribution in [3.05, 3.63) is 42.4 Å². The minimum absolute atomic E-state index is 0.102. The molecule has 1 atom stereocenters. The molecule has 1 saturated carbocycles. The van der Waals surface area contributed by atoms with Gasteiger partial charge in [-0.3, -0.25) is 23.7 Å². The summed E-state index contributed by atoms with van der Waals surface area (Å²) < 4.78 is 39.0. The van der Waals surface area contributed by atoms with Crippen LogP contribution in [0.4, 0.5) is 11.6 Å². The van der Waals surface area contributed by atoms with Crippen molar-refractivity contribution < 1.29 is 23.3 Å². The van der Waals surface area contributed by atoms with Gasteiger partial charge in [0, 0.05) is 43.3 Å². The van der Waals surface area contributed by atoms with E-state index in [0.29, 0.717) is 41.4 Å². The molecule has 2 aromatic heterocycles. The number of morpholine rings is 1. The monoisotopic (exact) mass is 653 g/mol. The number of nitrogens with one attached hydrogen (secondary N) is 1. The summed E-state index contributed by atoms with van der Waals surface area (Å²) in [6.07, 6.45) is 11.8. The molecule has 0 radical (unpaired) electrons. The summed E-state index contributed by atoms with van der Waals surface area (Å²) in [6, 6.07) is 8.26. The normalized spacial score (nSPS) is 20.2. The first kappa shape index (κ1) is 33.4. The fraction of sp³-hybridized carbons (Fsp3) is 0.516. The number of ether oxygens (including phenoxy) is 3. The van der Waals surface area contributed by atoms with E-state index < -0.39 is 10.6 Å². The molecule has 1 aliphatic carbocycles. The number of nitrogens with two attached hydrogens (primary N) is 1. The van der Waals surface area contributed by atoms with Crippen molar-refractivity contribution in [1.29, 1.82) is 5.26 Å². The Morgan fingerprint density at radius 2 is 1.89 bits per heavy atom. The summed E-state index contributed by atoms with van der Waals surface area (Å²) in [4.78, 5) is 15.6. The molecule has 2 fully saturated rings. The van der Waals surface area contributed by atoms with Crippen LogP contribution in [0.25, 0.3) is 11.1 Å². The fourth-order valence-electron chi connectivity index (χ4n) is 5.70. The van der Waals surface area contributed by atoms with Crippen LogP contribution in [-0.4, -0.2) is 104 Å². The molecule has 0 unspecified atom stereocenters. The van der Waals surface area contributed by atoms with Gasteiger partial charge < -0.3 is 25.3 Å². The van der Waals surface area contributed by atoms with Crippen molar-refractivity contribution in [2.75, 3.05) is 56.8 Å². The number of benzene rings is 1. The lowest BCUT2D eigenvalue weighted by molar-refractivity contribution is 0.00503. The molecule has 5 rings (SSSR count). The minimum atomic E-state index is -2.70. The van der Waals surface area contributed by atoms with Crippen molar-refractivity contribution in [2.45, 2.75) is 50.8 Å². The predicted octanol–water partition coefficient (Wildman–Crippen LogP) is 4.28. The highest BCUT2D eigenvalue weighted by molar-refractivity contribution is 8.23. The second-order valence-electron chi connectivity index (χ2n) is 11.7. The van der Waals surface area contributed by atoms with Crippen LogP contribution in [0.2, 0.25) is 0 Å². The number of aromatic nitrogens is 4. The minimum Gasteiger partial charge on any atom is -0.487 e. The van der Waals surface area contributed by atoms with Crippen molar-refractivity contribution in [2.24, 2.45) is 10.7 Å². The van der Waals surface area contributed by atoms with E-state index in [1.807, 2.05) is 23.9 Å². The van der Waals surface area contributed by atoms with E-state index in [2.05, 4.69) is 31.2 Å². The Morgan fingerprint density at radius 3 is 2.57 bits per heavy atom. The number of nitrogens with zero attached hydrogens (tertiary/aromatic N) is 7. The molecule has 3 aromatic rings. The number of aliphatic imine (C=N–C) groups is 1. The van der Waals surface area contributed by atoms with Gasteiger partial charge in [0.2, 0.25) is 5.95 Å². The summed E-state index contributed by atoms with van der Waals surface area (Å²) in [6.45, 7) is 5.91. The van der Waals surface area contributed by atoms with Gasteiger partial charge in [0.25, 0.3) is 5.88 Å². The zero-order valence-electron chi connectivity index (χ0n) is 26.3. The summed E-state index contributed by atoms with van der Waals surface area (Å²) in [5.74, 6) is 1.25. The molecule has 248 valence electrons. The number of anilines is 2. The molecule has 1 aliphatic heterocycles. The zero-order chi connectivity index (χ0) is 32.5. The molecule has 0 bridgehead atoms. The van der Waals surface area contributed by atoms with Gasteiger partial charge in [0.05, 0.1) is 49.7 Å². The van der Waals surface area contributed by atoms with Crippen molar-refractivity contribution in [1.82, 2.24) is 24.6 Å². The van der Waals surface area contributed by atoms with Crippen LogP contribution in [0.3, 0.4) is 0 Å².